The van der Waals surface area contributed by atoms with Gasteiger partial charge in [-0.05, 0) is 12.0 Å². The molecule has 0 aliphatic rings. The van der Waals surface area contributed by atoms with Gasteiger partial charge < -0.3 is 16.2 Å². The van der Waals surface area contributed by atoms with Crippen LogP contribution in [0, 0.1) is 5.82 Å². The van der Waals surface area contributed by atoms with E-state index < -0.39 is 41.2 Å². The molecule has 1 aromatic carbocycles. The first-order valence-electron chi connectivity index (χ1n) is 7.13. The second-order valence-electron chi connectivity index (χ2n) is 5.19. The zero-order valence-electron chi connectivity index (χ0n) is 12.8. The molecule has 1 heterocycles. The van der Waals surface area contributed by atoms with Crippen molar-refractivity contribution in [1.29, 1.82) is 0 Å². The normalized spacial score (nSPS) is 13.0. The van der Waals surface area contributed by atoms with Gasteiger partial charge in [-0.1, -0.05) is 30.3 Å². The standard InChI is InChI=1S/C15H15FN4O5/c16-9-7-20(15(25)19-12(9)21)11(14(23)24)18-13(22)10(17)6-8-4-2-1-3-5-8/h1-5,7,10-11H,6,17H2,(H,18,22)(H,23,24)(H,19,21,25)/t10-,11?/m1/s1. The van der Waals surface area contributed by atoms with Crippen LogP contribution in [0.5, 0.6) is 0 Å². The number of amides is 1. The van der Waals surface area contributed by atoms with E-state index in [9.17, 15) is 28.7 Å². The van der Waals surface area contributed by atoms with Crippen molar-refractivity contribution in [2.24, 2.45) is 5.73 Å². The second-order valence-corrected chi connectivity index (χ2v) is 5.19. The van der Waals surface area contributed by atoms with E-state index in [4.69, 9.17) is 5.73 Å². The number of aliphatic carboxylic acids is 1. The first-order valence-corrected chi connectivity index (χ1v) is 7.13. The zero-order chi connectivity index (χ0) is 18.6. The number of benzene rings is 1. The van der Waals surface area contributed by atoms with Crippen LogP contribution in [-0.4, -0.2) is 32.6 Å². The van der Waals surface area contributed by atoms with Gasteiger partial charge in [-0.3, -0.25) is 19.1 Å². The zero-order valence-corrected chi connectivity index (χ0v) is 12.8. The highest BCUT2D eigenvalue weighted by atomic mass is 19.1. The molecule has 10 heteroatoms. The molecule has 2 atom stereocenters. The maximum atomic E-state index is 13.3. The number of nitrogens with zero attached hydrogens (tertiary/aromatic N) is 1. The van der Waals surface area contributed by atoms with E-state index in [2.05, 4.69) is 5.32 Å². The Balaban J connectivity index is 2.20. The minimum absolute atomic E-state index is 0.133. The number of nitrogens with one attached hydrogen (secondary N) is 2. The van der Waals surface area contributed by atoms with Gasteiger partial charge in [0.2, 0.25) is 17.9 Å². The number of H-pyrrole nitrogens is 1. The van der Waals surface area contributed by atoms with Gasteiger partial charge in [0, 0.05) is 0 Å². The third kappa shape index (κ3) is 4.38. The molecule has 0 aliphatic carbocycles. The molecule has 0 spiro atoms. The minimum Gasteiger partial charge on any atom is -0.478 e. The summed E-state index contributed by atoms with van der Waals surface area (Å²) in [4.78, 5) is 47.8. The first kappa shape index (κ1) is 18.1. The third-order valence-electron chi connectivity index (χ3n) is 3.35. The number of hydrogen-bond donors (Lipinski definition) is 4. The Bertz CT molecular complexity index is 893. The van der Waals surface area contributed by atoms with Crippen molar-refractivity contribution in [2.75, 3.05) is 0 Å². The molecular weight excluding hydrogens is 335 g/mol. The van der Waals surface area contributed by atoms with Crippen LogP contribution < -0.4 is 22.3 Å². The molecule has 0 aliphatic heterocycles. The summed E-state index contributed by atoms with van der Waals surface area (Å²) in [6.45, 7) is 0. The highest BCUT2D eigenvalue weighted by Crippen LogP contribution is 2.04. The van der Waals surface area contributed by atoms with Crippen molar-refractivity contribution >= 4 is 11.9 Å². The Labute approximate surface area is 139 Å². The van der Waals surface area contributed by atoms with E-state index in [-0.39, 0.29) is 6.42 Å². The maximum absolute atomic E-state index is 13.3. The van der Waals surface area contributed by atoms with Gasteiger partial charge in [-0.15, -0.1) is 0 Å². The van der Waals surface area contributed by atoms with Crippen molar-refractivity contribution in [3.8, 4) is 0 Å². The fourth-order valence-electron chi connectivity index (χ4n) is 2.11. The number of carboxylic acid groups (broad SMARTS) is 1. The SMILES string of the molecule is N[C@H](Cc1ccccc1)C(=O)NC(C(=O)O)n1cc(F)c(=O)[nH]c1=O. The Kier molecular flexibility index (Phi) is 5.45. The number of aromatic amines is 1. The Morgan fingerprint density at radius 3 is 2.52 bits per heavy atom. The van der Waals surface area contributed by atoms with Gasteiger partial charge in [0.25, 0.3) is 5.56 Å². The van der Waals surface area contributed by atoms with Crippen LogP contribution in [0.2, 0.25) is 0 Å². The molecule has 132 valence electrons. The smallest absolute Gasteiger partial charge is 0.347 e. The van der Waals surface area contributed by atoms with Crippen LogP contribution in [0.3, 0.4) is 0 Å². The molecule has 0 bridgehead atoms. The predicted molar refractivity (Wildman–Crippen MR) is 84.2 cm³/mol. The van der Waals surface area contributed by atoms with Crippen molar-refractivity contribution in [1.82, 2.24) is 14.9 Å². The average molecular weight is 350 g/mol. The molecule has 5 N–H and O–H groups in total. The molecular formula is C15H15FN4O5. The van der Waals surface area contributed by atoms with Crippen LogP contribution in [0.1, 0.15) is 11.7 Å². The minimum atomic E-state index is -1.92. The molecule has 2 rings (SSSR count). The van der Waals surface area contributed by atoms with Crippen molar-refractivity contribution in [3.05, 3.63) is 68.7 Å². The molecule has 0 radical (unpaired) electrons. The van der Waals surface area contributed by atoms with E-state index in [0.717, 1.165) is 5.56 Å². The van der Waals surface area contributed by atoms with Crippen LogP contribution in [0.25, 0.3) is 0 Å². The van der Waals surface area contributed by atoms with E-state index in [1.54, 1.807) is 35.3 Å². The lowest BCUT2D eigenvalue weighted by atomic mass is 10.1. The number of rotatable bonds is 6. The van der Waals surface area contributed by atoms with Gasteiger partial charge in [0.15, 0.2) is 0 Å². The molecule has 0 saturated heterocycles. The Morgan fingerprint density at radius 2 is 1.92 bits per heavy atom. The molecule has 0 fully saturated rings. The first-order chi connectivity index (χ1) is 11.8. The monoisotopic (exact) mass is 350 g/mol. The molecule has 1 aromatic heterocycles. The molecule has 25 heavy (non-hydrogen) atoms. The summed E-state index contributed by atoms with van der Waals surface area (Å²) in [5, 5.41) is 11.3. The maximum Gasteiger partial charge on any atom is 0.347 e. The van der Waals surface area contributed by atoms with E-state index in [0.29, 0.717) is 10.8 Å². The molecule has 9 nitrogen and oxygen atoms in total. The summed E-state index contributed by atoms with van der Waals surface area (Å²) >= 11 is 0. The Hall–Kier alpha value is -3.27. The van der Waals surface area contributed by atoms with Crippen LogP contribution >= 0.6 is 0 Å². The number of carbonyl (C=O) groups excluding carboxylic acids is 1. The number of halogens is 1. The summed E-state index contributed by atoms with van der Waals surface area (Å²) in [6, 6.07) is 7.68. The highest BCUT2D eigenvalue weighted by molar-refractivity contribution is 5.86. The fourth-order valence-corrected chi connectivity index (χ4v) is 2.11. The number of hydrogen-bond acceptors (Lipinski definition) is 5. The summed E-state index contributed by atoms with van der Waals surface area (Å²) < 4.78 is 13.7. The van der Waals surface area contributed by atoms with E-state index in [1.165, 1.54) is 0 Å². The van der Waals surface area contributed by atoms with Gasteiger partial charge in [0.05, 0.1) is 12.2 Å². The summed E-state index contributed by atoms with van der Waals surface area (Å²) in [5.41, 5.74) is 4.02. The predicted octanol–water partition coefficient (Wildman–Crippen LogP) is -1.05. The third-order valence-corrected chi connectivity index (χ3v) is 3.35. The summed E-state index contributed by atoms with van der Waals surface area (Å²) in [5.74, 6) is -3.85. The Morgan fingerprint density at radius 1 is 1.28 bits per heavy atom. The van der Waals surface area contributed by atoms with E-state index in [1.807, 2.05) is 0 Å². The largest absolute Gasteiger partial charge is 0.478 e. The van der Waals surface area contributed by atoms with E-state index >= 15 is 0 Å². The highest BCUT2D eigenvalue weighted by Gasteiger charge is 2.26. The van der Waals surface area contributed by atoms with Crippen LogP contribution in [0.4, 0.5) is 4.39 Å². The number of carboxylic acids is 1. The van der Waals surface area contributed by atoms with Crippen molar-refractivity contribution in [2.45, 2.75) is 18.6 Å². The quantitative estimate of drug-likeness (QED) is 0.522. The lowest BCUT2D eigenvalue weighted by Crippen LogP contribution is -2.50. The topological polar surface area (TPSA) is 147 Å². The van der Waals surface area contributed by atoms with Crippen LogP contribution in [0.15, 0.2) is 46.1 Å². The molecule has 1 amide bonds. The van der Waals surface area contributed by atoms with Crippen molar-refractivity contribution in [3.63, 3.8) is 0 Å². The number of aromatic nitrogens is 2. The second kappa shape index (κ2) is 7.53. The lowest BCUT2D eigenvalue weighted by Gasteiger charge is -2.19. The average Bonchev–Trinajstić information content (AvgIpc) is 2.56. The summed E-state index contributed by atoms with van der Waals surface area (Å²) in [6.07, 6.45) is -1.38. The van der Waals surface area contributed by atoms with Gasteiger partial charge in [-0.25, -0.2) is 9.59 Å². The van der Waals surface area contributed by atoms with Crippen molar-refractivity contribution < 1.29 is 19.1 Å². The number of nitrogens with two attached hydrogens (primary N) is 1. The summed E-state index contributed by atoms with van der Waals surface area (Å²) in [7, 11) is 0. The lowest BCUT2D eigenvalue weighted by molar-refractivity contribution is -0.144. The number of carbonyl (C=O) groups is 2. The van der Waals surface area contributed by atoms with Gasteiger partial charge >= 0.3 is 11.7 Å². The van der Waals surface area contributed by atoms with Gasteiger partial charge in [0.1, 0.15) is 0 Å². The van der Waals surface area contributed by atoms with Gasteiger partial charge in [-0.2, -0.15) is 4.39 Å². The molecule has 2 aromatic rings. The van der Waals surface area contributed by atoms with Crippen LogP contribution in [-0.2, 0) is 16.0 Å². The molecule has 1 unspecified atom stereocenters. The fraction of sp³-hybridized carbons (Fsp3) is 0.200. The molecule has 0 saturated carbocycles.